The zero-order chi connectivity index (χ0) is 31.8. The molecule has 0 bridgehead atoms. The highest BCUT2D eigenvalue weighted by Gasteiger charge is 2.41. The van der Waals surface area contributed by atoms with Crippen molar-refractivity contribution < 1.29 is 31.7 Å². The third-order valence-corrected chi connectivity index (χ3v) is 9.54. The number of fused-ring (bicyclic) bond motifs is 1. The van der Waals surface area contributed by atoms with E-state index in [0.717, 1.165) is 11.5 Å². The summed E-state index contributed by atoms with van der Waals surface area (Å²) in [5, 5.41) is 15.8. The van der Waals surface area contributed by atoms with Crippen LogP contribution in [0.15, 0.2) is 71.9 Å². The Hall–Kier alpha value is -4.63. The number of nitro groups is 1. The van der Waals surface area contributed by atoms with E-state index in [2.05, 4.69) is 15.3 Å². The molecule has 45 heavy (non-hydrogen) atoms. The molecule has 0 atom stereocenters. The number of H-pyrrole nitrogens is 1. The molecule has 0 unspecified atom stereocenters. The van der Waals surface area contributed by atoms with Crippen molar-refractivity contribution in [2.45, 2.75) is 55.0 Å². The van der Waals surface area contributed by atoms with Crippen LogP contribution < -0.4 is 14.8 Å². The number of amides is 1. The Labute approximate surface area is 257 Å². The number of likely N-dealkylation sites (tertiary alicyclic amines) is 1. The van der Waals surface area contributed by atoms with Crippen molar-refractivity contribution in [1.82, 2.24) is 19.6 Å². The maximum Gasteiger partial charge on any atom is 0.293 e. The van der Waals surface area contributed by atoms with Crippen molar-refractivity contribution in [2.75, 3.05) is 18.4 Å². The third kappa shape index (κ3) is 6.73. The largest absolute Gasteiger partial charge is 0.455 e. The molecule has 6 rings (SSSR count). The molecule has 4 aromatic rings. The van der Waals surface area contributed by atoms with Crippen molar-refractivity contribution in [2.24, 2.45) is 0 Å². The van der Waals surface area contributed by atoms with Crippen LogP contribution in [0.4, 0.5) is 20.2 Å². The number of aromatic nitrogens is 2. The lowest BCUT2D eigenvalue weighted by molar-refractivity contribution is -0.384. The number of nitro benzene ring substituents is 1. The smallest absolute Gasteiger partial charge is 0.293 e. The van der Waals surface area contributed by atoms with Gasteiger partial charge in [-0.05, 0) is 62.1 Å². The molecule has 1 amide bonds. The molecule has 15 heteroatoms. The van der Waals surface area contributed by atoms with Gasteiger partial charge >= 0.3 is 0 Å². The third-order valence-electron chi connectivity index (χ3n) is 8.21. The molecular weight excluding hydrogens is 610 g/mol. The number of halogens is 2. The molecule has 2 aliphatic rings. The number of nitrogens with zero attached hydrogens (tertiary/aromatic N) is 3. The predicted octanol–water partition coefficient (Wildman–Crippen LogP) is 5.45. The predicted molar refractivity (Wildman–Crippen MR) is 161 cm³/mol. The monoisotopic (exact) mass is 640 g/mol. The van der Waals surface area contributed by atoms with Crippen molar-refractivity contribution in [3.63, 3.8) is 0 Å². The summed E-state index contributed by atoms with van der Waals surface area (Å²) in [6, 6.07) is 12.8. The molecule has 0 radical (unpaired) electrons. The Balaban J connectivity index is 1.13. The summed E-state index contributed by atoms with van der Waals surface area (Å²) in [4.78, 5) is 32.9. The number of carbonyl (C=O) groups excluding carboxylic acids is 1. The van der Waals surface area contributed by atoms with E-state index in [-0.39, 0.29) is 42.0 Å². The zero-order valence-electron chi connectivity index (χ0n) is 23.9. The number of pyridine rings is 1. The lowest BCUT2D eigenvalue weighted by Gasteiger charge is -2.35. The van der Waals surface area contributed by atoms with Gasteiger partial charge in [-0.2, -0.15) is 0 Å². The summed E-state index contributed by atoms with van der Waals surface area (Å²) in [6.45, 7) is 0.113. The van der Waals surface area contributed by atoms with Gasteiger partial charge in [-0.1, -0.05) is 12.1 Å². The van der Waals surface area contributed by atoms with Crippen LogP contribution in [-0.4, -0.2) is 65.2 Å². The number of anilines is 1. The second-order valence-electron chi connectivity index (χ2n) is 11.3. The molecule has 1 saturated carbocycles. The maximum atomic E-state index is 13.6. The van der Waals surface area contributed by atoms with E-state index in [0.29, 0.717) is 43.6 Å². The quantitative estimate of drug-likeness (QED) is 0.160. The number of ether oxygens (including phenoxy) is 1. The molecular formula is C30H30F2N6O6S. The minimum Gasteiger partial charge on any atom is -0.455 e. The number of para-hydroxylation sites is 1. The molecule has 2 fully saturated rings. The van der Waals surface area contributed by atoms with E-state index < -0.39 is 37.4 Å². The summed E-state index contributed by atoms with van der Waals surface area (Å²) < 4.78 is 61.5. The minimum atomic E-state index is -4.52. The first-order chi connectivity index (χ1) is 21.5. The summed E-state index contributed by atoms with van der Waals surface area (Å²) in [6.07, 6.45) is 5.61. The lowest BCUT2D eigenvalue weighted by Crippen LogP contribution is -2.40. The van der Waals surface area contributed by atoms with Crippen molar-refractivity contribution in [3.8, 4) is 11.5 Å². The van der Waals surface area contributed by atoms with Gasteiger partial charge in [0.1, 0.15) is 22.8 Å². The second kappa shape index (κ2) is 12.0. The fraction of sp³-hybridized carbons (Fsp3) is 0.333. The topological polar surface area (TPSA) is 160 Å². The molecule has 2 aromatic carbocycles. The number of rotatable bonds is 9. The lowest BCUT2D eigenvalue weighted by atomic mass is 9.90. The Morgan fingerprint density at radius 3 is 2.62 bits per heavy atom. The van der Waals surface area contributed by atoms with Gasteiger partial charge in [0, 0.05) is 42.7 Å². The summed E-state index contributed by atoms with van der Waals surface area (Å²) in [5.74, 6) is -3.24. The molecule has 1 aliphatic heterocycles. The van der Waals surface area contributed by atoms with E-state index in [1.807, 2.05) is 9.62 Å². The van der Waals surface area contributed by atoms with Gasteiger partial charge in [0.2, 0.25) is 0 Å². The van der Waals surface area contributed by atoms with E-state index in [9.17, 15) is 32.1 Å². The Kier molecular flexibility index (Phi) is 8.14. The summed E-state index contributed by atoms with van der Waals surface area (Å²) in [5.41, 5.74) is 0.238. The van der Waals surface area contributed by atoms with Crippen LogP contribution in [0.5, 0.6) is 11.5 Å². The average molecular weight is 641 g/mol. The van der Waals surface area contributed by atoms with Crippen LogP contribution >= 0.6 is 0 Å². The molecule has 12 nitrogen and oxygen atoms in total. The average Bonchev–Trinajstić information content (AvgIpc) is 3.63. The highest BCUT2D eigenvalue weighted by atomic mass is 32.2. The molecule has 3 N–H and O–H groups in total. The van der Waals surface area contributed by atoms with Crippen LogP contribution in [0, 0.1) is 10.1 Å². The van der Waals surface area contributed by atoms with Crippen molar-refractivity contribution in [3.05, 3.63) is 82.7 Å². The first-order valence-electron chi connectivity index (χ1n) is 14.4. The molecule has 3 heterocycles. The number of hydrogen-bond donors (Lipinski definition) is 3. The van der Waals surface area contributed by atoms with E-state index in [1.54, 1.807) is 30.5 Å². The van der Waals surface area contributed by atoms with Crippen LogP contribution in [0.2, 0.25) is 0 Å². The van der Waals surface area contributed by atoms with Crippen LogP contribution in [-0.2, 0) is 10.0 Å². The molecule has 1 saturated heterocycles. The van der Waals surface area contributed by atoms with Crippen molar-refractivity contribution in [1.29, 1.82) is 0 Å². The molecule has 236 valence electrons. The Morgan fingerprint density at radius 1 is 1.11 bits per heavy atom. The maximum absolute atomic E-state index is 13.6. The van der Waals surface area contributed by atoms with Gasteiger partial charge < -0.3 is 15.0 Å². The molecule has 0 spiro atoms. The normalized spacial score (nSPS) is 20.1. The second-order valence-corrected chi connectivity index (χ2v) is 13.0. The van der Waals surface area contributed by atoms with Gasteiger partial charge in [-0.15, -0.1) is 0 Å². The van der Waals surface area contributed by atoms with Gasteiger partial charge in [0.25, 0.3) is 27.5 Å². The van der Waals surface area contributed by atoms with Crippen LogP contribution in [0.1, 0.15) is 42.5 Å². The Bertz CT molecular complexity index is 1860. The van der Waals surface area contributed by atoms with Gasteiger partial charge in [0.15, 0.2) is 0 Å². The van der Waals surface area contributed by atoms with Crippen LogP contribution in [0.3, 0.4) is 0 Å². The number of sulfonamides is 1. The fourth-order valence-corrected chi connectivity index (χ4v) is 6.90. The summed E-state index contributed by atoms with van der Waals surface area (Å²) >= 11 is 0. The first-order valence-corrected chi connectivity index (χ1v) is 15.9. The van der Waals surface area contributed by atoms with Crippen molar-refractivity contribution >= 4 is 38.3 Å². The van der Waals surface area contributed by atoms with E-state index >= 15 is 0 Å². The zero-order valence-corrected chi connectivity index (χ0v) is 24.7. The number of nitrogens with one attached hydrogen (secondary N) is 3. The summed E-state index contributed by atoms with van der Waals surface area (Å²) in [7, 11) is -4.52. The number of aromatic amines is 1. The Morgan fingerprint density at radius 2 is 1.89 bits per heavy atom. The fourth-order valence-electron chi connectivity index (χ4n) is 5.91. The van der Waals surface area contributed by atoms with Crippen LogP contribution in [0.25, 0.3) is 11.0 Å². The molecule has 1 aliphatic carbocycles. The van der Waals surface area contributed by atoms with Gasteiger partial charge in [-0.25, -0.2) is 26.9 Å². The number of carbonyl (C=O) groups is 1. The first kappa shape index (κ1) is 30.4. The van der Waals surface area contributed by atoms with E-state index in [4.69, 9.17) is 4.74 Å². The SMILES string of the molecule is O=C(NS(=O)(=O)c1ccc(NC2CCC(N3CCC(F)(F)C3)CC2)c([N+](=O)[O-])c1)c1ccccc1Oc1cnc2[nH]ccc2c1. The standard InChI is InChI=1S/C30H30F2N6O6S/c31-30(32)12-14-37(18-30)21-7-5-20(6-8-21)35-25-10-9-23(16-26(25)38(40)41)45(42,43)36-29(39)24-3-1-2-4-27(24)44-22-15-19-11-13-33-28(19)34-17-22/h1-4,9-11,13,15-17,20-21,35H,5-8,12,14,18H2,(H,33,34)(H,36,39). The number of hydrogen-bond acceptors (Lipinski definition) is 9. The highest BCUT2D eigenvalue weighted by Crippen LogP contribution is 2.35. The number of benzene rings is 2. The van der Waals surface area contributed by atoms with Gasteiger partial charge in [-0.3, -0.25) is 19.8 Å². The highest BCUT2D eigenvalue weighted by molar-refractivity contribution is 7.90. The minimum absolute atomic E-state index is 0.0394. The molecule has 2 aromatic heterocycles. The van der Waals surface area contributed by atoms with Gasteiger partial charge in [0.05, 0.1) is 28.1 Å². The number of alkyl halides is 2. The van der Waals surface area contributed by atoms with E-state index in [1.165, 1.54) is 30.5 Å².